The van der Waals surface area contributed by atoms with Crippen molar-refractivity contribution >= 4 is 11.8 Å². The van der Waals surface area contributed by atoms with Crippen LogP contribution in [-0.2, 0) is 28.9 Å². The third-order valence-corrected chi connectivity index (χ3v) is 6.75. The smallest absolute Gasteiger partial charge is 0.355 e. The fourth-order valence-corrected chi connectivity index (χ4v) is 5.06. The summed E-state index contributed by atoms with van der Waals surface area (Å²) in [6.45, 7) is 1.72. The van der Waals surface area contributed by atoms with Crippen molar-refractivity contribution in [1.82, 2.24) is 25.7 Å². The molecule has 176 valence electrons. The number of hydrogen-bond donors (Lipinski definition) is 2. The van der Waals surface area contributed by atoms with E-state index in [9.17, 15) is 22.8 Å². The van der Waals surface area contributed by atoms with E-state index in [0.29, 0.717) is 25.2 Å². The number of aromatic nitrogens is 2. The third kappa shape index (κ3) is 4.46. The van der Waals surface area contributed by atoms with Crippen LogP contribution in [-0.4, -0.2) is 45.5 Å². The Morgan fingerprint density at radius 3 is 2.70 bits per heavy atom. The molecular weight excluding hydrogens is 439 g/mol. The first-order chi connectivity index (χ1) is 15.8. The Morgan fingerprint density at radius 2 is 1.97 bits per heavy atom. The highest BCUT2D eigenvalue weighted by atomic mass is 19.4. The summed E-state index contributed by atoms with van der Waals surface area (Å²) in [4.78, 5) is 29.9. The maximum Gasteiger partial charge on any atom is 0.471 e. The van der Waals surface area contributed by atoms with Gasteiger partial charge in [-0.1, -0.05) is 30.1 Å². The second-order valence-electron chi connectivity index (χ2n) is 8.98. The SMILES string of the molecule is O=C1CC(C(=O)N[C@@H]2CCCC[C@H]2N2Cc3ccc(-c4noc(C(F)(F)F)n4)cc3C2)CN1. The molecule has 0 spiro atoms. The van der Waals surface area contributed by atoms with E-state index in [1.54, 1.807) is 6.07 Å². The monoisotopic (exact) mass is 463 g/mol. The van der Waals surface area contributed by atoms with Crippen LogP contribution >= 0.6 is 0 Å². The van der Waals surface area contributed by atoms with Gasteiger partial charge in [-0.15, -0.1) is 0 Å². The second-order valence-corrected chi connectivity index (χ2v) is 8.98. The zero-order valence-corrected chi connectivity index (χ0v) is 17.8. The average Bonchev–Trinajstić information content (AvgIpc) is 3.52. The molecule has 1 aromatic heterocycles. The zero-order valence-electron chi connectivity index (χ0n) is 17.8. The van der Waals surface area contributed by atoms with Gasteiger partial charge in [0, 0.05) is 43.7 Å². The largest absolute Gasteiger partial charge is 0.471 e. The summed E-state index contributed by atoms with van der Waals surface area (Å²) in [5.41, 5.74) is 2.58. The van der Waals surface area contributed by atoms with Gasteiger partial charge < -0.3 is 15.2 Å². The van der Waals surface area contributed by atoms with Crippen molar-refractivity contribution in [1.29, 1.82) is 0 Å². The molecule has 3 heterocycles. The average molecular weight is 463 g/mol. The maximum absolute atomic E-state index is 12.8. The van der Waals surface area contributed by atoms with E-state index in [0.717, 1.165) is 36.8 Å². The van der Waals surface area contributed by atoms with Crippen LogP contribution in [0.5, 0.6) is 0 Å². The molecule has 33 heavy (non-hydrogen) atoms. The van der Waals surface area contributed by atoms with E-state index in [2.05, 4.69) is 30.2 Å². The number of rotatable bonds is 4. The molecular formula is C22H24F3N5O3. The van der Waals surface area contributed by atoms with Gasteiger partial charge in [-0.25, -0.2) is 0 Å². The number of alkyl halides is 3. The Bertz CT molecular complexity index is 1070. The molecule has 1 unspecified atom stereocenters. The second kappa shape index (κ2) is 8.44. The Morgan fingerprint density at radius 1 is 1.18 bits per heavy atom. The molecule has 8 nitrogen and oxygen atoms in total. The van der Waals surface area contributed by atoms with Crippen LogP contribution in [0.15, 0.2) is 22.7 Å². The molecule has 1 aliphatic carbocycles. The predicted octanol–water partition coefficient (Wildman–Crippen LogP) is 2.63. The van der Waals surface area contributed by atoms with Gasteiger partial charge in [-0.05, 0) is 30.0 Å². The van der Waals surface area contributed by atoms with Crippen LogP contribution in [0.1, 0.15) is 49.1 Å². The van der Waals surface area contributed by atoms with E-state index in [1.807, 2.05) is 12.1 Å². The number of carbonyl (C=O) groups excluding carboxylic acids is 2. The lowest BCUT2D eigenvalue weighted by atomic mass is 9.88. The first kappa shape index (κ1) is 21.9. The van der Waals surface area contributed by atoms with E-state index in [4.69, 9.17) is 0 Å². The van der Waals surface area contributed by atoms with Crippen molar-refractivity contribution in [3.63, 3.8) is 0 Å². The predicted molar refractivity (Wildman–Crippen MR) is 109 cm³/mol. The van der Waals surface area contributed by atoms with Crippen molar-refractivity contribution < 1.29 is 27.3 Å². The summed E-state index contributed by atoms with van der Waals surface area (Å²) in [5, 5.41) is 9.36. The zero-order chi connectivity index (χ0) is 23.2. The van der Waals surface area contributed by atoms with Crippen LogP contribution < -0.4 is 10.6 Å². The van der Waals surface area contributed by atoms with Gasteiger partial charge >= 0.3 is 12.1 Å². The van der Waals surface area contributed by atoms with Crippen LogP contribution in [0.3, 0.4) is 0 Å². The van der Waals surface area contributed by atoms with E-state index in [1.165, 1.54) is 0 Å². The summed E-state index contributed by atoms with van der Waals surface area (Å²) in [6.07, 6.45) is -0.511. The lowest BCUT2D eigenvalue weighted by Gasteiger charge is -2.38. The Labute approximate surface area is 187 Å². The number of hydrogen-bond acceptors (Lipinski definition) is 6. The number of nitrogens with one attached hydrogen (secondary N) is 2. The first-order valence-electron chi connectivity index (χ1n) is 11.1. The topological polar surface area (TPSA) is 100 Å². The van der Waals surface area contributed by atoms with Gasteiger partial charge in [0.25, 0.3) is 0 Å². The number of carbonyl (C=O) groups is 2. The lowest BCUT2D eigenvalue weighted by Crippen LogP contribution is -2.53. The molecule has 2 fully saturated rings. The van der Waals surface area contributed by atoms with Gasteiger partial charge in [0.1, 0.15) is 0 Å². The summed E-state index contributed by atoms with van der Waals surface area (Å²) in [6, 6.07) is 5.57. The molecule has 1 aromatic carbocycles. The molecule has 5 rings (SSSR count). The fraction of sp³-hybridized carbons (Fsp3) is 0.545. The van der Waals surface area contributed by atoms with Crippen molar-refractivity contribution in [2.24, 2.45) is 5.92 Å². The van der Waals surface area contributed by atoms with Gasteiger partial charge in [-0.2, -0.15) is 18.2 Å². The summed E-state index contributed by atoms with van der Waals surface area (Å²) >= 11 is 0. The van der Waals surface area contributed by atoms with Crippen LogP contribution in [0.4, 0.5) is 13.2 Å². The van der Waals surface area contributed by atoms with Crippen LogP contribution in [0.2, 0.25) is 0 Å². The fourth-order valence-electron chi connectivity index (χ4n) is 5.06. The Hall–Kier alpha value is -2.95. The summed E-state index contributed by atoms with van der Waals surface area (Å²) in [7, 11) is 0. The van der Waals surface area contributed by atoms with Crippen LogP contribution in [0, 0.1) is 5.92 Å². The van der Waals surface area contributed by atoms with Crippen LogP contribution in [0.25, 0.3) is 11.4 Å². The molecule has 11 heteroatoms. The minimum absolute atomic E-state index is 0.00212. The number of nitrogens with zero attached hydrogens (tertiary/aromatic N) is 3. The number of fused-ring (bicyclic) bond motifs is 1. The molecule has 3 atom stereocenters. The Balaban J connectivity index is 1.28. The summed E-state index contributed by atoms with van der Waals surface area (Å²) < 4.78 is 42.7. The molecule has 0 bridgehead atoms. The highest BCUT2D eigenvalue weighted by Crippen LogP contribution is 2.34. The van der Waals surface area contributed by atoms with E-state index < -0.39 is 12.1 Å². The van der Waals surface area contributed by atoms with E-state index >= 15 is 0 Å². The van der Waals surface area contributed by atoms with Crippen molar-refractivity contribution in [2.75, 3.05) is 6.54 Å². The quantitative estimate of drug-likeness (QED) is 0.723. The molecule has 2 aromatic rings. The number of halogens is 3. The highest BCUT2D eigenvalue weighted by molar-refractivity contribution is 5.89. The number of amides is 2. The molecule has 3 aliphatic rings. The molecule has 2 aliphatic heterocycles. The van der Waals surface area contributed by atoms with Gasteiger partial charge in [0.15, 0.2) is 0 Å². The lowest BCUT2D eigenvalue weighted by molar-refractivity contribution is -0.159. The molecule has 0 radical (unpaired) electrons. The van der Waals surface area contributed by atoms with E-state index in [-0.39, 0.29) is 42.1 Å². The van der Waals surface area contributed by atoms with Crippen molar-refractivity contribution in [3.05, 3.63) is 35.2 Å². The normalized spacial score (nSPS) is 25.7. The highest BCUT2D eigenvalue weighted by Gasteiger charge is 2.39. The molecule has 1 saturated heterocycles. The minimum atomic E-state index is -4.68. The molecule has 2 amide bonds. The Kier molecular flexibility index (Phi) is 5.59. The van der Waals surface area contributed by atoms with Crippen molar-refractivity contribution in [3.8, 4) is 11.4 Å². The summed E-state index contributed by atoms with van der Waals surface area (Å²) in [5.74, 6) is -1.95. The van der Waals surface area contributed by atoms with Crippen molar-refractivity contribution in [2.45, 2.75) is 63.5 Å². The minimum Gasteiger partial charge on any atom is -0.355 e. The first-order valence-corrected chi connectivity index (χ1v) is 11.1. The standard InChI is InChI=1S/C22H24F3N5O3/c23-22(24,25)21-28-19(29-33-21)12-5-6-13-10-30(11-15(13)7-12)17-4-2-1-3-16(17)27-20(32)14-8-18(31)26-9-14/h5-7,14,16-17H,1-4,8-11H2,(H,26,31)(H,27,32)/t14?,16-,17-/m1/s1. The molecule has 2 N–H and O–H groups in total. The van der Waals surface area contributed by atoms with Gasteiger partial charge in [0.05, 0.1) is 5.92 Å². The maximum atomic E-state index is 12.8. The van der Waals surface area contributed by atoms with Gasteiger partial charge in [-0.3, -0.25) is 14.5 Å². The third-order valence-electron chi connectivity index (χ3n) is 6.75. The van der Waals surface area contributed by atoms with Gasteiger partial charge in [0.2, 0.25) is 17.6 Å². The molecule has 1 saturated carbocycles. The number of benzene rings is 1.